The molecule has 2 heterocycles. The van der Waals surface area contributed by atoms with E-state index in [4.69, 9.17) is 27.9 Å². The standard InChI is InChI=1S/C17H23Cl2N3O4/c1-2-3-4-5-20-17-21-11-6-9(18)10(19)7-12(11)22(17)16-15(25)14(24)13(8-23)26-16/h6-7,13-16,23-25H,2-5,8H2,1H3,(H,20,21)/t13-,14-,15-,16-/m0/s1. The van der Waals surface area contributed by atoms with Crippen molar-refractivity contribution in [3.63, 3.8) is 0 Å². The molecule has 0 aliphatic carbocycles. The van der Waals surface area contributed by atoms with Crippen molar-refractivity contribution in [3.8, 4) is 0 Å². The molecule has 1 aliphatic heterocycles. The maximum absolute atomic E-state index is 10.4. The van der Waals surface area contributed by atoms with Crippen LogP contribution in [0.4, 0.5) is 5.95 Å². The van der Waals surface area contributed by atoms with E-state index in [0.29, 0.717) is 33.6 Å². The van der Waals surface area contributed by atoms with Gasteiger partial charge in [0.05, 0.1) is 27.7 Å². The monoisotopic (exact) mass is 403 g/mol. The van der Waals surface area contributed by atoms with E-state index in [-0.39, 0.29) is 0 Å². The molecule has 1 saturated heterocycles. The maximum Gasteiger partial charge on any atom is 0.206 e. The lowest BCUT2D eigenvalue weighted by atomic mass is 10.1. The summed E-state index contributed by atoms with van der Waals surface area (Å²) in [6, 6.07) is 3.30. The van der Waals surface area contributed by atoms with E-state index in [2.05, 4.69) is 17.2 Å². The van der Waals surface area contributed by atoms with E-state index in [1.54, 1.807) is 16.7 Å². The quantitative estimate of drug-likeness (QED) is 0.530. The molecule has 4 N–H and O–H groups in total. The van der Waals surface area contributed by atoms with E-state index in [0.717, 1.165) is 19.3 Å². The Kier molecular flexibility index (Phi) is 6.27. The molecule has 1 fully saturated rings. The molecule has 26 heavy (non-hydrogen) atoms. The number of ether oxygens (including phenoxy) is 1. The highest BCUT2D eigenvalue weighted by atomic mass is 35.5. The molecular weight excluding hydrogens is 381 g/mol. The predicted molar refractivity (Wildman–Crippen MR) is 101 cm³/mol. The maximum atomic E-state index is 10.4. The van der Waals surface area contributed by atoms with Crippen molar-refractivity contribution in [2.24, 2.45) is 0 Å². The molecule has 0 amide bonds. The van der Waals surface area contributed by atoms with Gasteiger partial charge in [-0.2, -0.15) is 0 Å². The van der Waals surface area contributed by atoms with Crippen molar-refractivity contribution < 1.29 is 20.1 Å². The van der Waals surface area contributed by atoms with Crippen LogP contribution in [0.5, 0.6) is 0 Å². The number of aliphatic hydroxyl groups is 3. The van der Waals surface area contributed by atoms with Gasteiger partial charge in [0.1, 0.15) is 18.3 Å². The number of rotatable bonds is 7. The fraction of sp³-hybridized carbons (Fsp3) is 0.588. The van der Waals surface area contributed by atoms with Crippen molar-refractivity contribution in [3.05, 3.63) is 22.2 Å². The summed E-state index contributed by atoms with van der Waals surface area (Å²) in [6.45, 7) is 2.43. The largest absolute Gasteiger partial charge is 0.394 e. The van der Waals surface area contributed by atoms with Gasteiger partial charge < -0.3 is 25.4 Å². The van der Waals surface area contributed by atoms with Crippen LogP contribution in [0.3, 0.4) is 0 Å². The molecule has 1 aromatic carbocycles. The van der Waals surface area contributed by atoms with Gasteiger partial charge in [-0.1, -0.05) is 43.0 Å². The lowest BCUT2D eigenvalue weighted by Crippen LogP contribution is -2.33. The van der Waals surface area contributed by atoms with Crippen molar-refractivity contribution in [2.45, 2.75) is 50.7 Å². The molecule has 2 aromatic rings. The first-order chi connectivity index (χ1) is 12.5. The molecule has 1 aliphatic rings. The summed E-state index contributed by atoms with van der Waals surface area (Å²) >= 11 is 12.3. The van der Waals surface area contributed by atoms with E-state index in [9.17, 15) is 15.3 Å². The fourth-order valence-electron chi connectivity index (χ4n) is 3.14. The third kappa shape index (κ3) is 3.65. The van der Waals surface area contributed by atoms with Gasteiger partial charge in [-0.25, -0.2) is 4.98 Å². The smallest absolute Gasteiger partial charge is 0.206 e. The van der Waals surface area contributed by atoms with Gasteiger partial charge in [0.25, 0.3) is 0 Å². The Morgan fingerprint density at radius 1 is 1.19 bits per heavy atom. The number of anilines is 1. The fourth-order valence-corrected chi connectivity index (χ4v) is 3.46. The highest BCUT2D eigenvalue weighted by molar-refractivity contribution is 6.42. The van der Waals surface area contributed by atoms with Crippen molar-refractivity contribution in [1.29, 1.82) is 0 Å². The predicted octanol–water partition coefficient (Wildman–Crippen LogP) is 2.56. The zero-order chi connectivity index (χ0) is 18.8. The van der Waals surface area contributed by atoms with Gasteiger partial charge in [-0.3, -0.25) is 4.57 Å². The summed E-state index contributed by atoms with van der Waals surface area (Å²) in [4.78, 5) is 4.54. The number of aromatic nitrogens is 2. The third-order valence-corrected chi connectivity index (χ3v) is 5.29. The van der Waals surface area contributed by atoms with Crippen LogP contribution in [0.1, 0.15) is 32.4 Å². The number of halogens is 2. The van der Waals surface area contributed by atoms with Crippen LogP contribution < -0.4 is 5.32 Å². The van der Waals surface area contributed by atoms with Gasteiger partial charge in [0, 0.05) is 6.54 Å². The molecule has 0 unspecified atom stereocenters. The number of imidazole rings is 1. The first-order valence-corrected chi connectivity index (χ1v) is 9.46. The second-order valence-electron chi connectivity index (χ2n) is 6.42. The lowest BCUT2D eigenvalue weighted by molar-refractivity contribution is -0.0499. The van der Waals surface area contributed by atoms with Crippen LogP contribution in [0.2, 0.25) is 10.0 Å². The van der Waals surface area contributed by atoms with E-state index in [1.807, 2.05) is 0 Å². The van der Waals surface area contributed by atoms with Gasteiger partial charge in [-0.15, -0.1) is 0 Å². The third-order valence-electron chi connectivity index (χ3n) is 4.57. The summed E-state index contributed by atoms with van der Waals surface area (Å²) in [6.07, 6.45) is -1.04. The van der Waals surface area contributed by atoms with Crippen molar-refractivity contribution >= 4 is 40.2 Å². The summed E-state index contributed by atoms with van der Waals surface area (Å²) in [7, 11) is 0. The van der Waals surface area contributed by atoms with Gasteiger partial charge in [0.15, 0.2) is 6.23 Å². The SMILES string of the molecule is CCCCCNc1nc2cc(Cl)c(Cl)cc2n1[C@H]1O[C@@H](CO)[C@H](O)[C@@H]1O. The Labute approximate surface area is 161 Å². The molecular formula is C17H23Cl2N3O4. The van der Waals surface area contributed by atoms with Crippen LogP contribution in [-0.4, -0.2) is 56.3 Å². The average molecular weight is 404 g/mol. The number of fused-ring (bicyclic) bond motifs is 1. The number of aliphatic hydroxyl groups excluding tert-OH is 3. The highest BCUT2D eigenvalue weighted by Crippen LogP contribution is 2.37. The Morgan fingerprint density at radius 3 is 2.58 bits per heavy atom. The van der Waals surface area contributed by atoms with Crippen molar-refractivity contribution in [2.75, 3.05) is 18.5 Å². The topological polar surface area (TPSA) is 99.8 Å². The minimum absolute atomic E-state index is 0.351. The molecule has 0 bridgehead atoms. The summed E-state index contributed by atoms with van der Waals surface area (Å²) < 4.78 is 7.34. The average Bonchev–Trinajstić information content (AvgIpc) is 3.10. The van der Waals surface area contributed by atoms with Gasteiger partial charge >= 0.3 is 0 Å². The minimum Gasteiger partial charge on any atom is -0.394 e. The minimum atomic E-state index is -1.21. The number of hydrogen-bond donors (Lipinski definition) is 4. The van der Waals surface area contributed by atoms with Crippen LogP contribution in [0.25, 0.3) is 11.0 Å². The second-order valence-corrected chi connectivity index (χ2v) is 7.24. The zero-order valence-corrected chi connectivity index (χ0v) is 15.9. The molecule has 0 radical (unpaired) electrons. The van der Waals surface area contributed by atoms with Crippen LogP contribution in [-0.2, 0) is 4.74 Å². The molecule has 9 heteroatoms. The summed E-state index contributed by atoms with van der Waals surface area (Å²) in [5, 5.41) is 33.9. The number of nitrogens with one attached hydrogen (secondary N) is 1. The molecule has 0 spiro atoms. The number of hydrogen-bond acceptors (Lipinski definition) is 6. The molecule has 4 atom stereocenters. The molecule has 144 valence electrons. The molecule has 0 saturated carbocycles. The Bertz CT molecular complexity index is 770. The number of benzene rings is 1. The molecule has 1 aromatic heterocycles. The Balaban J connectivity index is 2.01. The van der Waals surface area contributed by atoms with Gasteiger partial charge in [-0.05, 0) is 18.6 Å². The van der Waals surface area contributed by atoms with E-state index >= 15 is 0 Å². The zero-order valence-electron chi connectivity index (χ0n) is 14.4. The highest BCUT2D eigenvalue weighted by Gasteiger charge is 2.44. The van der Waals surface area contributed by atoms with E-state index < -0.39 is 31.1 Å². The van der Waals surface area contributed by atoms with Crippen molar-refractivity contribution in [1.82, 2.24) is 9.55 Å². The van der Waals surface area contributed by atoms with Crippen LogP contribution in [0, 0.1) is 0 Å². The summed E-state index contributed by atoms with van der Waals surface area (Å²) in [5.41, 5.74) is 1.21. The first kappa shape index (κ1) is 19.7. The molecule has 7 nitrogen and oxygen atoms in total. The first-order valence-electron chi connectivity index (χ1n) is 8.71. The summed E-state index contributed by atoms with van der Waals surface area (Å²) in [5.74, 6) is 0.490. The Hall–Kier alpha value is -1.09. The number of unbranched alkanes of at least 4 members (excludes halogenated alkanes) is 2. The lowest BCUT2D eigenvalue weighted by Gasteiger charge is -2.20. The van der Waals surface area contributed by atoms with E-state index in [1.165, 1.54) is 0 Å². The Morgan fingerprint density at radius 2 is 1.92 bits per heavy atom. The molecule has 3 rings (SSSR count). The van der Waals surface area contributed by atoms with Crippen LogP contribution >= 0.6 is 23.2 Å². The number of nitrogens with zero attached hydrogens (tertiary/aromatic N) is 2. The van der Waals surface area contributed by atoms with Crippen LogP contribution in [0.15, 0.2) is 12.1 Å². The second kappa shape index (κ2) is 8.29. The van der Waals surface area contributed by atoms with Gasteiger partial charge in [0.2, 0.25) is 5.95 Å². The normalized spacial score (nSPS) is 25.9.